The third kappa shape index (κ3) is 4.98. The van der Waals surface area contributed by atoms with Crippen molar-refractivity contribution >= 4 is 11.6 Å². The number of hydrogen-bond acceptors (Lipinski definition) is 4. The summed E-state index contributed by atoms with van der Waals surface area (Å²) in [7, 11) is 3.55. The molecular weight excluding hydrogens is 352 g/mol. The number of nitrogens with one attached hydrogen (secondary N) is 3. The van der Waals surface area contributed by atoms with E-state index in [2.05, 4.69) is 20.8 Å². The lowest BCUT2D eigenvalue weighted by molar-refractivity contribution is -0.117. The fourth-order valence-corrected chi connectivity index (χ4v) is 3.17. The highest BCUT2D eigenvalue weighted by Gasteiger charge is 2.21. The minimum absolute atomic E-state index is 0.0135. The topological polar surface area (TPSA) is 79.0 Å². The highest BCUT2D eigenvalue weighted by atomic mass is 16.5. The molecule has 0 bridgehead atoms. The predicted molar refractivity (Wildman–Crippen MR) is 112 cm³/mol. The number of amides is 1. The van der Waals surface area contributed by atoms with Gasteiger partial charge in [-0.05, 0) is 61.8 Å². The van der Waals surface area contributed by atoms with Gasteiger partial charge in [-0.25, -0.2) is 0 Å². The third-order valence-electron chi connectivity index (χ3n) is 4.72. The highest BCUT2D eigenvalue weighted by molar-refractivity contribution is 5.96. The zero-order chi connectivity index (χ0) is 19.8. The molecule has 1 heterocycles. The number of H-pyrrole nitrogens is 1. The van der Waals surface area contributed by atoms with Gasteiger partial charge in [-0.3, -0.25) is 9.89 Å². The molecule has 0 radical (unpaired) electrons. The van der Waals surface area contributed by atoms with Gasteiger partial charge in [0.25, 0.3) is 0 Å². The number of ether oxygens (including phenoxy) is 1. The van der Waals surface area contributed by atoms with Crippen LogP contribution < -0.4 is 15.4 Å². The molecule has 0 saturated heterocycles. The van der Waals surface area contributed by atoms with Gasteiger partial charge in [0.15, 0.2) is 0 Å². The van der Waals surface area contributed by atoms with E-state index in [1.165, 1.54) is 0 Å². The molecule has 3 rings (SSSR count). The summed E-state index contributed by atoms with van der Waals surface area (Å²) in [6.45, 7) is 0.868. The van der Waals surface area contributed by atoms with E-state index in [1.807, 2.05) is 61.8 Å². The fraction of sp³-hybridized carbons (Fsp3) is 0.273. The summed E-state index contributed by atoms with van der Waals surface area (Å²) in [5, 5.41) is 13.0. The Kier molecular flexibility index (Phi) is 6.81. The minimum atomic E-state index is -0.239. The number of benzene rings is 2. The van der Waals surface area contributed by atoms with Crippen molar-refractivity contribution in [1.29, 1.82) is 0 Å². The van der Waals surface area contributed by atoms with E-state index < -0.39 is 0 Å². The highest BCUT2D eigenvalue weighted by Crippen LogP contribution is 2.27. The third-order valence-corrected chi connectivity index (χ3v) is 4.72. The van der Waals surface area contributed by atoms with Crippen LogP contribution >= 0.6 is 0 Å². The number of hydrogen-bond donors (Lipinski definition) is 3. The van der Waals surface area contributed by atoms with E-state index in [4.69, 9.17) is 4.74 Å². The number of aromatic nitrogens is 2. The molecule has 1 aromatic heterocycles. The number of rotatable bonds is 9. The maximum absolute atomic E-state index is 13.0. The van der Waals surface area contributed by atoms with Gasteiger partial charge in [0.2, 0.25) is 5.91 Å². The summed E-state index contributed by atoms with van der Waals surface area (Å²) in [4.78, 5) is 13.0. The van der Waals surface area contributed by atoms with Gasteiger partial charge < -0.3 is 15.4 Å². The van der Waals surface area contributed by atoms with Crippen molar-refractivity contribution in [3.63, 3.8) is 0 Å². The van der Waals surface area contributed by atoms with Crippen molar-refractivity contribution in [3.05, 3.63) is 66.5 Å². The molecule has 0 spiro atoms. The first kappa shape index (κ1) is 19.6. The summed E-state index contributed by atoms with van der Waals surface area (Å²) in [6, 6.07) is 15.5. The monoisotopic (exact) mass is 378 g/mol. The van der Waals surface area contributed by atoms with Crippen molar-refractivity contribution in [1.82, 2.24) is 15.5 Å². The lowest BCUT2D eigenvalue weighted by atomic mass is 9.93. The molecule has 0 unspecified atom stereocenters. The van der Waals surface area contributed by atoms with Crippen molar-refractivity contribution < 1.29 is 9.53 Å². The molecule has 0 saturated carbocycles. The van der Waals surface area contributed by atoms with Crippen molar-refractivity contribution in [3.8, 4) is 16.9 Å². The molecule has 146 valence electrons. The Morgan fingerprint density at radius 3 is 2.68 bits per heavy atom. The molecule has 2 aromatic carbocycles. The Morgan fingerprint density at radius 2 is 2.00 bits per heavy atom. The van der Waals surface area contributed by atoms with E-state index in [-0.39, 0.29) is 11.8 Å². The maximum atomic E-state index is 13.0. The zero-order valence-corrected chi connectivity index (χ0v) is 16.2. The normalized spacial score (nSPS) is 11.8. The van der Waals surface area contributed by atoms with Gasteiger partial charge in [-0.2, -0.15) is 5.10 Å². The van der Waals surface area contributed by atoms with E-state index in [9.17, 15) is 4.79 Å². The van der Waals surface area contributed by atoms with Crippen LogP contribution in [0.3, 0.4) is 0 Å². The van der Waals surface area contributed by atoms with E-state index in [0.717, 1.165) is 47.5 Å². The van der Waals surface area contributed by atoms with Crippen LogP contribution in [0.5, 0.6) is 5.75 Å². The molecule has 3 aromatic rings. The number of anilines is 1. The minimum Gasteiger partial charge on any atom is -0.497 e. The Bertz CT molecular complexity index is 876. The standard InChI is InChI=1S/C22H26N4O2/c1-23-12-4-7-21(17-5-3-6-20(13-17)28-2)22(27)26-19-10-8-16(9-11-19)18-14-24-25-15-18/h3,5-6,8-11,13-15,21,23H,4,7,12H2,1-2H3,(H,24,25)(H,26,27)/t21-/m1/s1. The van der Waals surface area contributed by atoms with Gasteiger partial charge in [0, 0.05) is 17.4 Å². The average Bonchev–Trinajstić information content (AvgIpc) is 3.26. The number of carbonyl (C=O) groups excluding carboxylic acids is 1. The van der Waals surface area contributed by atoms with Crippen molar-refractivity contribution in [2.45, 2.75) is 18.8 Å². The largest absolute Gasteiger partial charge is 0.497 e. The van der Waals surface area contributed by atoms with E-state index >= 15 is 0 Å². The molecule has 1 amide bonds. The number of nitrogens with zero attached hydrogens (tertiary/aromatic N) is 1. The molecule has 0 fully saturated rings. The number of aromatic amines is 1. The quantitative estimate of drug-likeness (QED) is 0.495. The second-order valence-corrected chi connectivity index (χ2v) is 6.63. The molecule has 6 nitrogen and oxygen atoms in total. The van der Waals surface area contributed by atoms with Gasteiger partial charge in [-0.1, -0.05) is 24.3 Å². The van der Waals surface area contributed by atoms with Gasteiger partial charge in [0.05, 0.1) is 19.2 Å². The lowest BCUT2D eigenvalue weighted by Crippen LogP contribution is -2.22. The number of methoxy groups -OCH3 is 1. The van der Waals surface area contributed by atoms with Crippen LogP contribution in [-0.2, 0) is 4.79 Å². The summed E-state index contributed by atoms with van der Waals surface area (Å²) in [5.41, 5.74) is 3.80. The second-order valence-electron chi connectivity index (χ2n) is 6.63. The predicted octanol–water partition coefficient (Wildman–Crippen LogP) is 3.81. The van der Waals surface area contributed by atoms with Crippen LogP contribution in [0.25, 0.3) is 11.1 Å². The van der Waals surface area contributed by atoms with Gasteiger partial charge in [-0.15, -0.1) is 0 Å². The average molecular weight is 378 g/mol. The van der Waals surface area contributed by atoms with Crippen molar-refractivity contribution in [2.75, 3.05) is 26.0 Å². The molecule has 1 atom stereocenters. The Balaban J connectivity index is 1.74. The van der Waals surface area contributed by atoms with Gasteiger partial charge in [0.1, 0.15) is 5.75 Å². The van der Waals surface area contributed by atoms with Crippen LogP contribution in [0.15, 0.2) is 60.9 Å². The van der Waals surface area contributed by atoms with Crippen LogP contribution in [0, 0.1) is 0 Å². The zero-order valence-electron chi connectivity index (χ0n) is 16.2. The Morgan fingerprint density at radius 1 is 1.18 bits per heavy atom. The summed E-state index contributed by atoms with van der Waals surface area (Å²) in [6.07, 6.45) is 5.28. The smallest absolute Gasteiger partial charge is 0.231 e. The lowest BCUT2D eigenvalue weighted by Gasteiger charge is -2.18. The summed E-state index contributed by atoms with van der Waals surface area (Å²) >= 11 is 0. The molecule has 0 aliphatic heterocycles. The first-order valence-electron chi connectivity index (χ1n) is 9.40. The molecular formula is C22H26N4O2. The first-order chi connectivity index (χ1) is 13.7. The molecule has 28 heavy (non-hydrogen) atoms. The van der Waals surface area contributed by atoms with E-state index in [1.54, 1.807) is 13.3 Å². The fourth-order valence-electron chi connectivity index (χ4n) is 3.17. The maximum Gasteiger partial charge on any atom is 0.231 e. The number of carbonyl (C=O) groups is 1. The first-order valence-corrected chi connectivity index (χ1v) is 9.40. The molecule has 3 N–H and O–H groups in total. The Hall–Kier alpha value is -3.12. The van der Waals surface area contributed by atoms with Crippen LogP contribution in [0.2, 0.25) is 0 Å². The van der Waals surface area contributed by atoms with Gasteiger partial charge >= 0.3 is 0 Å². The molecule has 0 aliphatic rings. The van der Waals surface area contributed by atoms with Crippen molar-refractivity contribution in [2.24, 2.45) is 0 Å². The van der Waals surface area contributed by atoms with Crippen LogP contribution in [-0.4, -0.2) is 36.8 Å². The van der Waals surface area contributed by atoms with Crippen LogP contribution in [0.4, 0.5) is 5.69 Å². The summed E-state index contributed by atoms with van der Waals surface area (Å²) < 4.78 is 5.33. The SMILES string of the molecule is CNCCC[C@@H](C(=O)Nc1ccc(-c2cn[nH]c2)cc1)c1cccc(OC)c1. The summed E-state index contributed by atoms with van der Waals surface area (Å²) in [5.74, 6) is 0.505. The van der Waals surface area contributed by atoms with Crippen LogP contribution in [0.1, 0.15) is 24.3 Å². The Labute approximate surface area is 165 Å². The molecule has 6 heteroatoms. The second kappa shape index (κ2) is 9.71. The molecule has 0 aliphatic carbocycles. The van der Waals surface area contributed by atoms with E-state index in [0.29, 0.717) is 0 Å².